The van der Waals surface area contributed by atoms with Crippen LogP contribution in [0.25, 0.3) is 10.9 Å². The van der Waals surface area contributed by atoms with Crippen LogP contribution in [-0.2, 0) is 0 Å². The third kappa shape index (κ3) is 2.92. The third-order valence-electron chi connectivity index (χ3n) is 3.23. The van der Waals surface area contributed by atoms with Crippen LogP contribution in [0, 0.1) is 13.8 Å². The summed E-state index contributed by atoms with van der Waals surface area (Å²) in [6.45, 7) is 6.79. The lowest BCUT2D eigenvalue weighted by molar-refractivity contribution is 0.0954. The van der Waals surface area contributed by atoms with Crippen LogP contribution in [0.4, 0.5) is 0 Å². The van der Waals surface area contributed by atoms with Gasteiger partial charge in [0, 0.05) is 17.6 Å². The summed E-state index contributed by atoms with van der Waals surface area (Å²) < 4.78 is 0. The first-order valence-electron chi connectivity index (χ1n) is 6.78. The third-order valence-corrected chi connectivity index (χ3v) is 3.23. The first kappa shape index (κ1) is 13.5. The van der Waals surface area contributed by atoms with Gasteiger partial charge in [-0.2, -0.15) is 0 Å². The zero-order valence-corrected chi connectivity index (χ0v) is 11.8. The summed E-state index contributed by atoms with van der Waals surface area (Å²) in [5.41, 5.74) is 3.62. The monoisotopic (exact) mass is 256 g/mol. The number of carbonyl (C=O) groups excluding carboxylic acids is 1. The number of aryl methyl sites for hydroxylation is 2. The molecule has 0 aliphatic rings. The number of pyridine rings is 1. The topological polar surface area (TPSA) is 42.0 Å². The van der Waals surface area contributed by atoms with E-state index in [4.69, 9.17) is 0 Å². The smallest absolute Gasteiger partial charge is 0.252 e. The van der Waals surface area contributed by atoms with Crippen LogP contribution in [0.5, 0.6) is 0 Å². The van der Waals surface area contributed by atoms with Crippen molar-refractivity contribution in [3.05, 3.63) is 41.1 Å². The first-order valence-corrected chi connectivity index (χ1v) is 6.78. The summed E-state index contributed by atoms with van der Waals surface area (Å²) in [4.78, 5) is 16.8. The van der Waals surface area contributed by atoms with Crippen molar-refractivity contribution in [2.45, 2.75) is 33.6 Å². The first-order chi connectivity index (χ1) is 9.13. The Kier molecular flexibility index (Phi) is 4.15. The summed E-state index contributed by atoms with van der Waals surface area (Å²) in [5, 5.41) is 3.90. The highest BCUT2D eigenvalue weighted by atomic mass is 16.1. The predicted molar refractivity (Wildman–Crippen MR) is 78.5 cm³/mol. The van der Waals surface area contributed by atoms with Gasteiger partial charge in [-0.15, -0.1) is 0 Å². The molecule has 0 unspecified atom stereocenters. The zero-order chi connectivity index (χ0) is 13.8. The van der Waals surface area contributed by atoms with E-state index in [1.165, 1.54) is 0 Å². The Morgan fingerprint density at radius 2 is 2.11 bits per heavy atom. The lowest BCUT2D eigenvalue weighted by Crippen LogP contribution is -2.24. The number of carbonyl (C=O) groups is 1. The summed E-state index contributed by atoms with van der Waals surface area (Å²) in [6, 6.07) is 7.82. The van der Waals surface area contributed by atoms with Crippen LogP contribution in [0.3, 0.4) is 0 Å². The van der Waals surface area contributed by atoms with Gasteiger partial charge in [0.05, 0.1) is 11.1 Å². The molecule has 0 aliphatic carbocycles. The molecule has 2 aromatic rings. The molecule has 19 heavy (non-hydrogen) atoms. The van der Waals surface area contributed by atoms with Crippen molar-refractivity contribution >= 4 is 16.8 Å². The van der Waals surface area contributed by atoms with E-state index in [0.29, 0.717) is 0 Å². The Bertz CT molecular complexity index is 605. The van der Waals surface area contributed by atoms with E-state index in [0.717, 1.165) is 47.1 Å². The maximum absolute atomic E-state index is 12.3. The van der Waals surface area contributed by atoms with Gasteiger partial charge < -0.3 is 5.32 Å². The lowest BCUT2D eigenvalue weighted by atomic mass is 10.0. The quantitative estimate of drug-likeness (QED) is 0.852. The summed E-state index contributed by atoms with van der Waals surface area (Å²) in [6.07, 6.45) is 2.09. The average molecular weight is 256 g/mol. The number of aromatic nitrogens is 1. The highest BCUT2D eigenvalue weighted by Crippen LogP contribution is 2.21. The number of para-hydroxylation sites is 1. The van der Waals surface area contributed by atoms with E-state index >= 15 is 0 Å². The van der Waals surface area contributed by atoms with Gasteiger partial charge in [0.2, 0.25) is 0 Å². The van der Waals surface area contributed by atoms with Crippen molar-refractivity contribution in [1.82, 2.24) is 10.3 Å². The molecule has 0 atom stereocenters. The van der Waals surface area contributed by atoms with Crippen molar-refractivity contribution in [2.75, 3.05) is 6.54 Å². The molecule has 0 radical (unpaired) electrons. The Balaban J connectivity index is 2.42. The molecule has 0 saturated heterocycles. The number of nitrogens with zero attached hydrogens (tertiary/aromatic N) is 1. The number of hydrogen-bond donors (Lipinski definition) is 1. The number of benzene rings is 1. The normalized spacial score (nSPS) is 10.7. The highest BCUT2D eigenvalue weighted by molar-refractivity contribution is 6.06. The van der Waals surface area contributed by atoms with Crippen LogP contribution in [-0.4, -0.2) is 17.4 Å². The fraction of sp³-hybridized carbons (Fsp3) is 0.375. The van der Waals surface area contributed by atoms with Gasteiger partial charge in [0.25, 0.3) is 5.91 Å². The van der Waals surface area contributed by atoms with Crippen LogP contribution >= 0.6 is 0 Å². The molecule has 1 aromatic heterocycles. The van der Waals surface area contributed by atoms with E-state index in [1.807, 2.05) is 38.1 Å². The molecule has 1 heterocycles. The van der Waals surface area contributed by atoms with Gasteiger partial charge in [-0.1, -0.05) is 31.5 Å². The van der Waals surface area contributed by atoms with Gasteiger partial charge in [-0.3, -0.25) is 9.78 Å². The predicted octanol–water partition coefficient (Wildman–Crippen LogP) is 3.38. The maximum Gasteiger partial charge on any atom is 0.252 e. The minimum absolute atomic E-state index is 0.00505. The number of hydrogen-bond acceptors (Lipinski definition) is 2. The van der Waals surface area contributed by atoms with Crippen molar-refractivity contribution in [3.63, 3.8) is 0 Å². The van der Waals surface area contributed by atoms with E-state index in [1.54, 1.807) is 0 Å². The summed E-state index contributed by atoms with van der Waals surface area (Å²) in [7, 11) is 0. The second-order valence-corrected chi connectivity index (χ2v) is 4.89. The molecular formula is C16H20N2O. The van der Waals surface area contributed by atoms with Gasteiger partial charge in [0.15, 0.2) is 0 Å². The molecule has 0 saturated carbocycles. The second-order valence-electron chi connectivity index (χ2n) is 4.89. The molecule has 1 N–H and O–H groups in total. The molecule has 1 amide bonds. The SMILES string of the molecule is CCCCNC(=O)c1cc(C)nc2c(C)cccc12. The standard InChI is InChI=1S/C16H20N2O/c1-4-5-9-17-16(19)14-10-12(3)18-15-11(2)7-6-8-13(14)15/h6-8,10H,4-5,9H2,1-3H3,(H,17,19). The molecular weight excluding hydrogens is 236 g/mol. The largest absolute Gasteiger partial charge is 0.352 e. The fourth-order valence-corrected chi connectivity index (χ4v) is 2.18. The van der Waals surface area contributed by atoms with Gasteiger partial charge >= 0.3 is 0 Å². The minimum atomic E-state index is -0.00505. The molecule has 3 nitrogen and oxygen atoms in total. The minimum Gasteiger partial charge on any atom is -0.352 e. The molecule has 3 heteroatoms. The Morgan fingerprint density at radius 1 is 1.32 bits per heavy atom. The van der Waals surface area contributed by atoms with Gasteiger partial charge in [-0.25, -0.2) is 0 Å². The number of amides is 1. The molecule has 2 rings (SSSR count). The zero-order valence-electron chi connectivity index (χ0n) is 11.8. The van der Waals surface area contributed by atoms with E-state index in [9.17, 15) is 4.79 Å². The van der Waals surface area contributed by atoms with Crippen molar-refractivity contribution in [1.29, 1.82) is 0 Å². The lowest BCUT2D eigenvalue weighted by Gasteiger charge is -2.10. The number of fused-ring (bicyclic) bond motifs is 1. The Hall–Kier alpha value is -1.90. The molecule has 1 aromatic carbocycles. The number of rotatable bonds is 4. The van der Waals surface area contributed by atoms with E-state index in [2.05, 4.69) is 17.2 Å². The molecule has 0 fully saturated rings. The molecule has 100 valence electrons. The molecule has 0 aliphatic heterocycles. The highest BCUT2D eigenvalue weighted by Gasteiger charge is 2.12. The van der Waals surface area contributed by atoms with Crippen LogP contribution in [0.15, 0.2) is 24.3 Å². The molecule has 0 bridgehead atoms. The second kappa shape index (κ2) is 5.83. The van der Waals surface area contributed by atoms with Crippen molar-refractivity contribution in [2.24, 2.45) is 0 Å². The van der Waals surface area contributed by atoms with E-state index in [-0.39, 0.29) is 5.91 Å². The number of nitrogens with one attached hydrogen (secondary N) is 1. The molecule has 0 spiro atoms. The Labute approximate surface area is 114 Å². The van der Waals surface area contributed by atoms with Crippen LogP contribution < -0.4 is 5.32 Å². The van der Waals surface area contributed by atoms with Crippen LogP contribution in [0.2, 0.25) is 0 Å². The van der Waals surface area contributed by atoms with Crippen LogP contribution in [0.1, 0.15) is 41.4 Å². The maximum atomic E-state index is 12.3. The summed E-state index contributed by atoms with van der Waals surface area (Å²) >= 11 is 0. The summed E-state index contributed by atoms with van der Waals surface area (Å²) in [5.74, 6) is -0.00505. The fourth-order valence-electron chi connectivity index (χ4n) is 2.18. The van der Waals surface area contributed by atoms with Crippen molar-refractivity contribution in [3.8, 4) is 0 Å². The van der Waals surface area contributed by atoms with Crippen molar-refractivity contribution < 1.29 is 4.79 Å². The van der Waals surface area contributed by atoms with Gasteiger partial charge in [0.1, 0.15) is 0 Å². The number of unbranched alkanes of at least 4 members (excludes halogenated alkanes) is 1. The average Bonchev–Trinajstić information content (AvgIpc) is 2.39. The van der Waals surface area contributed by atoms with E-state index < -0.39 is 0 Å². The van der Waals surface area contributed by atoms with Gasteiger partial charge in [-0.05, 0) is 31.9 Å². The Morgan fingerprint density at radius 3 is 2.84 bits per heavy atom.